The summed E-state index contributed by atoms with van der Waals surface area (Å²) in [5, 5.41) is 0. The second kappa shape index (κ2) is 8.87. The number of esters is 2. The van der Waals surface area contributed by atoms with Crippen molar-refractivity contribution in [1.29, 1.82) is 0 Å². The van der Waals surface area contributed by atoms with E-state index in [1.165, 1.54) is 24.6 Å². The van der Waals surface area contributed by atoms with E-state index >= 15 is 0 Å². The summed E-state index contributed by atoms with van der Waals surface area (Å²) in [6, 6.07) is 9.33. The number of rotatable bonds is 6. The number of aromatic nitrogens is 2. The van der Waals surface area contributed by atoms with Gasteiger partial charge in [0.1, 0.15) is 12.7 Å². The molecule has 9 nitrogen and oxygen atoms in total. The van der Waals surface area contributed by atoms with Crippen molar-refractivity contribution in [3.8, 4) is 0 Å². The Kier molecular flexibility index (Phi) is 6.28. The largest absolute Gasteiger partial charge is 0.463 e. The molecular formula is C20H22N2O7. The van der Waals surface area contributed by atoms with Gasteiger partial charge in [-0.25, -0.2) is 4.79 Å². The van der Waals surface area contributed by atoms with Gasteiger partial charge >= 0.3 is 17.6 Å². The van der Waals surface area contributed by atoms with Crippen molar-refractivity contribution in [2.45, 2.75) is 45.1 Å². The third kappa shape index (κ3) is 5.20. The van der Waals surface area contributed by atoms with Crippen molar-refractivity contribution >= 4 is 11.9 Å². The molecule has 1 aliphatic heterocycles. The lowest BCUT2D eigenvalue weighted by Crippen LogP contribution is -2.38. The monoisotopic (exact) mass is 402 g/mol. The zero-order valence-electron chi connectivity index (χ0n) is 16.1. The number of hydrogen-bond donors (Lipinski definition) is 1. The van der Waals surface area contributed by atoms with Crippen LogP contribution >= 0.6 is 0 Å². The fourth-order valence-electron chi connectivity index (χ4n) is 3.26. The van der Waals surface area contributed by atoms with E-state index < -0.39 is 41.6 Å². The molecule has 1 saturated heterocycles. The van der Waals surface area contributed by atoms with Gasteiger partial charge in [-0.1, -0.05) is 30.3 Å². The van der Waals surface area contributed by atoms with Crippen molar-refractivity contribution < 1.29 is 23.8 Å². The van der Waals surface area contributed by atoms with Crippen LogP contribution in [0.1, 0.15) is 37.6 Å². The summed E-state index contributed by atoms with van der Waals surface area (Å²) in [5.41, 5.74) is 0.0971. The van der Waals surface area contributed by atoms with Gasteiger partial charge in [-0.2, -0.15) is 0 Å². The average molecular weight is 402 g/mol. The third-order valence-corrected chi connectivity index (χ3v) is 4.49. The maximum atomic E-state index is 12.4. The first-order valence-corrected chi connectivity index (χ1v) is 9.18. The molecule has 1 aromatic carbocycles. The van der Waals surface area contributed by atoms with E-state index in [1.54, 1.807) is 0 Å². The molecule has 1 aromatic heterocycles. The van der Waals surface area contributed by atoms with Crippen molar-refractivity contribution in [2.24, 2.45) is 0 Å². The van der Waals surface area contributed by atoms with E-state index in [9.17, 15) is 19.2 Å². The van der Waals surface area contributed by atoms with Gasteiger partial charge in [0, 0.05) is 38.4 Å². The van der Waals surface area contributed by atoms with Gasteiger partial charge < -0.3 is 14.2 Å². The lowest BCUT2D eigenvalue weighted by Gasteiger charge is -2.21. The molecule has 29 heavy (non-hydrogen) atoms. The Hall–Kier alpha value is -3.20. The Labute approximate surface area is 166 Å². The van der Waals surface area contributed by atoms with Crippen LogP contribution in [0.4, 0.5) is 0 Å². The summed E-state index contributed by atoms with van der Waals surface area (Å²) in [6.07, 6.45) is -0.275. The minimum atomic E-state index is -0.946. The number of hydrogen-bond acceptors (Lipinski definition) is 7. The molecule has 1 fully saturated rings. The Morgan fingerprint density at radius 3 is 2.55 bits per heavy atom. The second-order valence-electron chi connectivity index (χ2n) is 6.82. The quantitative estimate of drug-likeness (QED) is 0.714. The van der Waals surface area contributed by atoms with Crippen molar-refractivity contribution in [1.82, 2.24) is 9.55 Å². The molecule has 3 atom stereocenters. The first-order chi connectivity index (χ1) is 13.8. The van der Waals surface area contributed by atoms with Gasteiger partial charge in [0.05, 0.1) is 6.10 Å². The number of carbonyl (C=O) groups excluding carboxylic acids is 2. The van der Waals surface area contributed by atoms with Crippen LogP contribution in [-0.4, -0.2) is 40.3 Å². The molecule has 3 rings (SSSR count). The molecule has 0 radical (unpaired) electrons. The summed E-state index contributed by atoms with van der Waals surface area (Å²) >= 11 is 0. The molecule has 2 aromatic rings. The number of ether oxygens (including phenoxy) is 3. The van der Waals surface area contributed by atoms with E-state index in [4.69, 9.17) is 14.2 Å². The Balaban J connectivity index is 1.90. The smallest absolute Gasteiger partial charge is 0.330 e. The minimum Gasteiger partial charge on any atom is -0.463 e. The van der Waals surface area contributed by atoms with Gasteiger partial charge in [0.2, 0.25) is 0 Å². The molecule has 2 heterocycles. The van der Waals surface area contributed by atoms with E-state index in [0.717, 1.165) is 5.56 Å². The van der Waals surface area contributed by atoms with Gasteiger partial charge in [-0.05, 0) is 5.56 Å². The molecule has 0 unspecified atom stereocenters. The van der Waals surface area contributed by atoms with Crippen LogP contribution < -0.4 is 11.2 Å². The molecule has 0 bridgehead atoms. The summed E-state index contributed by atoms with van der Waals surface area (Å²) in [7, 11) is 0. The van der Waals surface area contributed by atoms with Crippen LogP contribution in [0, 0.1) is 0 Å². The summed E-state index contributed by atoms with van der Waals surface area (Å²) < 4.78 is 17.3. The molecule has 0 saturated carbocycles. The fourth-order valence-corrected chi connectivity index (χ4v) is 3.26. The first kappa shape index (κ1) is 20.5. The van der Waals surface area contributed by atoms with E-state index in [-0.39, 0.29) is 13.0 Å². The standard InChI is InChI=1S/C20H22N2O7/c1-12(23)27-11-16-9-17(28-13(2)24)19(29-16)22-10-15(18(25)21-20(22)26)8-14-6-4-3-5-7-14/h3-7,10,16-17,19H,8-9,11H2,1-2H3,(H,21,25,26)/t16-,17+,19+/m0/s1. The minimum absolute atomic E-state index is 0.0292. The maximum Gasteiger partial charge on any atom is 0.330 e. The average Bonchev–Trinajstić information content (AvgIpc) is 3.05. The van der Waals surface area contributed by atoms with E-state index in [1.807, 2.05) is 30.3 Å². The van der Waals surface area contributed by atoms with Crippen LogP contribution in [0.2, 0.25) is 0 Å². The van der Waals surface area contributed by atoms with Gasteiger partial charge in [-0.3, -0.25) is 23.9 Å². The summed E-state index contributed by atoms with van der Waals surface area (Å²) in [5.74, 6) is -0.994. The number of benzene rings is 1. The SMILES string of the molecule is CC(=O)OC[C@@H]1C[C@@H](OC(C)=O)[C@H](n2cc(Cc3ccccc3)c(=O)[nH]c2=O)O1. The molecule has 9 heteroatoms. The fraction of sp³-hybridized carbons (Fsp3) is 0.400. The van der Waals surface area contributed by atoms with E-state index in [0.29, 0.717) is 12.0 Å². The number of carbonyl (C=O) groups is 2. The highest BCUT2D eigenvalue weighted by Gasteiger charge is 2.40. The highest BCUT2D eigenvalue weighted by atomic mass is 16.6. The predicted molar refractivity (Wildman–Crippen MR) is 101 cm³/mol. The zero-order valence-corrected chi connectivity index (χ0v) is 16.1. The van der Waals surface area contributed by atoms with Crippen molar-refractivity contribution in [3.05, 3.63) is 68.5 Å². The van der Waals surface area contributed by atoms with Crippen LogP contribution in [-0.2, 0) is 30.2 Å². The Morgan fingerprint density at radius 2 is 1.90 bits per heavy atom. The molecule has 0 spiro atoms. The van der Waals surface area contributed by atoms with Crippen LogP contribution in [0.15, 0.2) is 46.1 Å². The molecule has 1 aliphatic rings. The maximum absolute atomic E-state index is 12.4. The van der Waals surface area contributed by atoms with Gasteiger partial charge in [0.15, 0.2) is 6.23 Å². The molecule has 154 valence electrons. The number of aromatic amines is 1. The molecule has 1 N–H and O–H groups in total. The second-order valence-corrected chi connectivity index (χ2v) is 6.82. The highest BCUT2D eigenvalue weighted by Crippen LogP contribution is 2.30. The molecule has 0 amide bonds. The topological polar surface area (TPSA) is 117 Å². The number of H-pyrrole nitrogens is 1. The van der Waals surface area contributed by atoms with E-state index in [2.05, 4.69) is 4.98 Å². The van der Waals surface area contributed by atoms with Crippen LogP contribution in [0.5, 0.6) is 0 Å². The third-order valence-electron chi connectivity index (χ3n) is 4.49. The number of nitrogens with zero attached hydrogens (tertiary/aromatic N) is 1. The van der Waals surface area contributed by atoms with Crippen LogP contribution in [0.3, 0.4) is 0 Å². The Bertz CT molecular complexity index is 996. The van der Waals surface area contributed by atoms with Crippen molar-refractivity contribution in [3.63, 3.8) is 0 Å². The Morgan fingerprint density at radius 1 is 1.17 bits per heavy atom. The highest BCUT2D eigenvalue weighted by molar-refractivity contribution is 5.66. The normalized spacial score (nSPS) is 21.0. The number of nitrogens with one attached hydrogen (secondary N) is 1. The summed E-state index contributed by atoms with van der Waals surface area (Å²) in [6.45, 7) is 2.50. The van der Waals surface area contributed by atoms with Crippen LogP contribution in [0.25, 0.3) is 0 Å². The molecule has 0 aliphatic carbocycles. The lowest BCUT2D eigenvalue weighted by molar-refractivity contribution is -0.153. The van der Waals surface area contributed by atoms with Gasteiger partial charge in [0.25, 0.3) is 5.56 Å². The molecular weight excluding hydrogens is 380 g/mol. The summed E-state index contributed by atoms with van der Waals surface area (Å²) in [4.78, 5) is 49.5. The zero-order chi connectivity index (χ0) is 21.0. The first-order valence-electron chi connectivity index (χ1n) is 9.18. The predicted octanol–water partition coefficient (Wildman–Crippen LogP) is 0.910. The van der Waals surface area contributed by atoms with Gasteiger partial charge in [-0.15, -0.1) is 0 Å². The van der Waals surface area contributed by atoms with Crippen molar-refractivity contribution in [2.75, 3.05) is 6.61 Å². The lowest BCUT2D eigenvalue weighted by atomic mass is 10.1.